The van der Waals surface area contributed by atoms with Crippen LogP contribution in [0.1, 0.15) is 21.6 Å². The number of benzene rings is 1. The highest BCUT2D eigenvalue weighted by atomic mass is 16.2. The smallest absolute Gasteiger partial charge is 0.257 e. The first-order chi connectivity index (χ1) is 13.1. The fourth-order valence-electron chi connectivity index (χ4n) is 3.61. The fourth-order valence-corrected chi connectivity index (χ4v) is 3.61. The van der Waals surface area contributed by atoms with E-state index in [1.807, 2.05) is 54.2 Å². The number of carbonyl (C=O) groups excluding carboxylic acids is 1. The van der Waals surface area contributed by atoms with Gasteiger partial charge in [-0.3, -0.25) is 9.89 Å². The minimum atomic E-state index is 0.0335. The molecule has 138 valence electrons. The average Bonchev–Trinajstić information content (AvgIpc) is 2.99. The molecule has 6 nitrogen and oxygen atoms in total. The molecule has 27 heavy (non-hydrogen) atoms. The SMILES string of the molecule is CN(C)c1ncccc1C(=O)N1CCc2[nH]nc(-c3ccccc3)c2CC1. The first-order valence-corrected chi connectivity index (χ1v) is 9.18. The van der Waals surface area contributed by atoms with E-state index >= 15 is 0 Å². The minimum Gasteiger partial charge on any atom is -0.362 e. The number of hydrogen-bond donors (Lipinski definition) is 1. The van der Waals surface area contributed by atoms with Crippen molar-refractivity contribution in [2.75, 3.05) is 32.1 Å². The Morgan fingerprint density at radius 3 is 2.63 bits per heavy atom. The van der Waals surface area contributed by atoms with E-state index in [9.17, 15) is 4.79 Å². The molecule has 4 rings (SSSR count). The molecule has 0 saturated carbocycles. The van der Waals surface area contributed by atoms with E-state index in [-0.39, 0.29) is 5.91 Å². The molecule has 3 heterocycles. The predicted octanol–water partition coefficient (Wildman–Crippen LogP) is 2.78. The Labute approximate surface area is 158 Å². The predicted molar refractivity (Wildman–Crippen MR) is 106 cm³/mol. The van der Waals surface area contributed by atoms with Gasteiger partial charge in [0.1, 0.15) is 5.82 Å². The van der Waals surface area contributed by atoms with Gasteiger partial charge < -0.3 is 9.80 Å². The fraction of sp³-hybridized carbons (Fsp3) is 0.286. The summed E-state index contributed by atoms with van der Waals surface area (Å²) in [6, 6.07) is 13.9. The largest absolute Gasteiger partial charge is 0.362 e. The number of aromatic nitrogens is 3. The van der Waals surface area contributed by atoms with Crippen molar-refractivity contribution < 1.29 is 4.79 Å². The Kier molecular flexibility index (Phi) is 4.62. The van der Waals surface area contributed by atoms with Crippen molar-refractivity contribution in [1.29, 1.82) is 0 Å². The highest BCUT2D eigenvalue weighted by Crippen LogP contribution is 2.27. The Morgan fingerprint density at radius 2 is 1.85 bits per heavy atom. The second-order valence-corrected chi connectivity index (χ2v) is 6.96. The molecule has 1 aliphatic heterocycles. The van der Waals surface area contributed by atoms with Crippen LogP contribution in [0, 0.1) is 0 Å². The summed E-state index contributed by atoms with van der Waals surface area (Å²) in [4.78, 5) is 21.3. The summed E-state index contributed by atoms with van der Waals surface area (Å²) in [7, 11) is 3.81. The molecular weight excluding hydrogens is 338 g/mol. The summed E-state index contributed by atoms with van der Waals surface area (Å²) in [6.45, 7) is 1.34. The monoisotopic (exact) mass is 361 g/mol. The molecule has 6 heteroatoms. The number of aromatic amines is 1. The zero-order valence-corrected chi connectivity index (χ0v) is 15.6. The number of amides is 1. The normalized spacial score (nSPS) is 13.8. The highest BCUT2D eigenvalue weighted by Gasteiger charge is 2.25. The van der Waals surface area contributed by atoms with E-state index in [1.165, 1.54) is 5.56 Å². The van der Waals surface area contributed by atoms with Gasteiger partial charge in [-0.15, -0.1) is 0 Å². The lowest BCUT2D eigenvalue weighted by molar-refractivity contribution is 0.0763. The van der Waals surface area contributed by atoms with E-state index < -0.39 is 0 Å². The quantitative estimate of drug-likeness (QED) is 0.779. The number of rotatable bonds is 3. The van der Waals surface area contributed by atoms with Crippen LogP contribution in [0.15, 0.2) is 48.7 Å². The van der Waals surface area contributed by atoms with Gasteiger partial charge >= 0.3 is 0 Å². The molecule has 0 radical (unpaired) electrons. The van der Waals surface area contributed by atoms with Crippen molar-refractivity contribution in [1.82, 2.24) is 20.1 Å². The highest BCUT2D eigenvalue weighted by molar-refractivity contribution is 5.98. The van der Waals surface area contributed by atoms with Crippen LogP contribution >= 0.6 is 0 Å². The van der Waals surface area contributed by atoms with Crippen LogP contribution in [0.2, 0.25) is 0 Å². The number of pyridine rings is 1. The lowest BCUT2D eigenvalue weighted by Gasteiger charge is -2.23. The lowest BCUT2D eigenvalue weighted by atomic mass is 10.0. The number of nitrogens with one attached hydrogen (secondary N) is 1. The third-order valence-electron chi connectivity index (χ3n) is 4.99. The second kappa shape index (κ2) is 7.23. The van der Waals surface area contributed by atoms with E-state index in [2.05, 4.69) is 27.3 Å². The van der Waals surface area contributed by atoms with Gasteiger partial charge in [-0.05, 0) is 18.6 Å². The van der Waals surface area contributed by atoms with Crippen LogP contribution in [-0.2, 0) is 12.8 Å². The molecule has 1 aromatic carbocycles. The van der Waals surface area contributed by atoms with Gasteiger partial charge in [-0.25, -0.2) is 4.98 Å². The molecule has 0 spiro atoms. The number of H-pyrrole nitrogens is 1. The number of fused-ring (bicyclic) bond motifs is 1. The van der Waals surface area contributed by atoms with Crippen molar-refractivity contribution in [2.24, 2.45) is 0 Å². The van der Waals surface area contributed by atoms with Gasteiger partial charge in [0.2, 0.25) is 0 Å². The summed E-state index contributed by atoms with van der Waals surface area (Å²) in [6.07, 6.45) is 3.29. The van der Waals surface area contributed by atoms with Crippen molar-refractivity contribution >= 4 is 11.7 Å². The van der Waals surface area contributed by atoms with Crippen molar-refractivity contribution in [3.8, 4) is 11.3 Å². The van der Waals surface area contributed by atoms with Crippen molar-refractivity contribution in [2.45, 2.75) is 12.8 Å². The van der Waals surface area contributed by atoms with Crippen LogP contribution in [0.4, 0.5) is 5.82 Å². The third kappa shape index (κ3) is 3.30. The molecule has 0 aliphatic carbocycles. The molecule has 0 atom stereocenters. The molecule has 0 unspecified atom stereocenters. The van der Waals surface area contributed by atoms with E-state index in [0.29, 0.717) is 24.5 Å². The number of carbonyl (C=O) groups is 1. The summed E-state index contributed by atoms with van der Waals surface area (Å²) in [5, 5.41) is 7.71. The molecule has 0 saturated heterocycles. The van der Waals surface area contributed by atoms with Crippen molar-refractivity contribution in [3.05, 3.63) is 65.5 Å². The maximum absolute atomic E-state index is 13.1. The number of hydrogen-bond acceptors (Lipinski definition) is 4. The van der Waals surface area contributed by atoms with E-state index in [1.54, 1.807) is 6.20 Å². The lowest BCUT2D eigenvalue weighted by Crippen LogP contribution is -2.34. The summed E-state index contributed by atoms with van der Waals surface area (Å²) >= 11 is 0. The number of anilines is 1. The molecule has 1 N–H and O–H groups in total. The minimum absolute atomic E-state index is 0.0335. The summed E-state index contributed by atoms with van der Waals surface area (Å²) in [5.74, 6) is 0.739. The molecule has 1 amide bonds. The molecule has 2 aromatic heterocycles. The number of nitrogens with zero attached hydrogens (tertiary/aromatic N) is 4. The Morgan fingerprint density at radius 1 is 1.07 bits per heavy atom. The van der Waals surface area contributed by atoms with Crippen LogP contribution < -0.4 is 4.90 Å². The molecule has 0 fully saturated rings. The van der Waals surface area contributed by atoms with Gasteiger partial charge in [0, 0.05) is 56.6 Å². The van der Waals surface area contributed by atoms with Gasteiger partial charge in [0.05, 0.1) is 11.3 Å². The Balaban J connectivity index is 1.58. The average molecular weight is 361 g/mol. The van der Waals surface area contributed by atoms with Gasteiger partial charge in [0.15, 0.2) is 0 Å². The van der Waals surface area contributed by atoms with E-state index in [0.717, 1.165) is 29.8 Å². The Bertz CT molecular complexity index is 948. The van der Waals surface area contributed by atoms with Crippen LogP contribution in [0.5, 0.6) is 0 Å². The van der Waals surface area contributed by atoms with Crippen LogP contribution in [-0.4, -0.2) is 53.2 Å². The van der Waals surface area contributed by atoms with E-state index in [4.69, 9.17) is 0 Å². The first-order valence-electron chi connectivity index (χ1n) is 9.18. The first kappa shape index (κ1) is 17.3. The summed E-state index contributed by atoms with van der Waals surface area (Å²) < 4.78 is 0. The molecule has 3 aromatic rings. The Hall–Kier alpha value is -3.15. The second-order valence-electron chi connectivity index (χ2n) is 6.96. The van der Waals surface area contributed by atoms with Crippen molar-refractivity contribution in [3.63, 3.8) is 0 Å². The summed E-state index contributed by atoms with van der Waals surface area (Å²) in [5.41, 5.74) is 5.10. The van der Waals surface area contributed by atoms with Crippen LogP contribution in [0.3, 0.4) is 0 Å². The molecular formula is C21H23N5O. The molecule has 1 aliphatic rings. The van der Waals surface area contributed by atoms with Gasteiger partial charge in [0.25, 0.3) is 5.91 Å². The molecule has 0 bridgehead atoms. The van der Waals surface area contributed by atoms with Gasteiger partial charge in [-0.1, -0.05) is 30.3 Å². The topological polar surface area (TPSA) is 65.1 Å². The van der Waals surface area contributed by atoms with Gasteiger partial charge in [-0.2, -0.15) is 5.10 Å². The zero-order valence-electron chi connectivity index (χ0n) is 15.6. The maximum atomic E-state index is 13.1. The third-order valence-corrected chi connectivity index (χ3v) is 4.99. The zero-order chi connectivity index (χ0) is 18.8. The standard InChI is InChI=1S/C21H23N5O/c1-25(2)20-17(9-6-12-22-20)21(27)26-13-10-16-18(11-14-26)23-24-19(16)15-7-4-3-5-8-15/h3-9,12H,10-11,13-14H2,1-2H3,(H,23,24). The van der Waals surface area contributed by atoms with Crippen LogP contribution in [0.25, 0.3) is 11.3 Å². The maximum Gasteiger partial charge on any atom is 0.257 e.